The normalized spacial score (nSPS) is 21.5. The molecule has 0 radical (unpaired) electrons. The van der Waals surface area contributed by atoms with Gasteiger partial charge in [-0.15, -0.1) is 0 Å². The molecule has 1 fully saturated rings. The second-order valence-electron chi connectivity index (χ2n) is 5.73. The number of nitrogens with one attached hydrogen (secondary N) is 1. The highest BCUT2D eigenvalue weighted by atomic mass is 16.3. The maximum atomic E-state index is 9.98. The molecule has 0 spiro atoms. The molecule has 94 valence electrons. The van der Waals surface area contributed by atoms with Gasteiger partial charge in [-0.1, -0.05) is 24.3 Å². The average molecular weight is 233 g/mol. The van der Waals surface area contributed by atoms with Crippen molar-refractivity contribution in [3.8, 4) is 0 Å². The molecule has 1 saturated heterocycles. The molecule has 0 aliphatic carbocycles. The summed E-state index contributed by atoms with van der Waals surface area (Å²) in [6, 6.07) is 8.55. The lowest BCUT2D eigenvalue weighted by molar-refractivity contribution is 0.0806. The van der Waals surface area contributed by atoms with Gasteiger partial charge in [0.05, 0.1) is 5.60 Å². The van der Waals surface area contributed by atoms with E-state index in [4.69, 9.17) is 0 Å². The Bertz CT molecular complexity index is 361. The van der Waals surface area contributed by atoms with Crippen LogP contribution >= 0.6 is 0 Å². The van der Waals surface area contributed by atoms with E-state index in [9.17, 15) is 5.11 Å². The van der Waals surface area contributed by atoms with Crippen LogP contribution in [0.25, 0.3) is 0 Å². The largest absolute Gasteiger partial charge is 0.390 e. The molecule has 1 atom stereocenters. The third kappa shape index (κ3) is 3.55. The summed E-state index contributed by atoms with van der Waals surface area (Å²) >= 11 is 0. The van der Waals surface area contributed by atoms with Crippen LogP contribution in [0.15, 0.2) is 24.3 Å². The van der Waals surface area contributed by atoms with Gasteiger partial charge >= 0.3 is 0 Å². The van der Waals surface area contributed by atoms with E-state index in [1.54, 1.807) is 0 Å². The molecular formula is C15H23NO. The lowest BCUT2D eigenvalue weighted by atomic mass is 9.85. The van der Waals surface area contributed by atoms with E-state index in [1.165, 1.54) is 24.0 Å². The Morgan fingerprint density at radius 1 is 1.35 bits per heavy atom. The van der Waals surface area contributed by atoms with Crippen molar-refractivity contribution in [3.63, 3.8) is 0 Å². The molecule has 1 aromatic rings. The monoisotopic (exact) mass is 233 g/mol. The van der Waals surface area contributed by atoms with Gasteiger partial charge in [0.15, 0.2) is 0 Å². The molecule has 2 rings (SSSR count). The Morgan fingerprint density at radius 2 is 2.12 bits per heavy atom. The first-order valence-electron chi connectivity index (χ1n) is 6.57. The molecule has 0 amide bonds. The first-order valence-corrected chi connectivity index (χ1v) is 6.57. The second kappa shape index (κ2) is 5.19. The maximum Gasteiger partial charge on any atom is 0.0632 e. The molecule has 1 aliphatic rings. The van der Waals surface area contributed by atoms with Crippen molar-refractivity contribution >= 4 is 0 Å². The molecule has 1 heterocycles. The van der Waals surface area contributed by atoms with Crippen LogP contribution in [-0.2, 0) is 6.42 Å². The Balaban J connectivity index is 2.20. The molecule has 2 N–H and O–H groups in total. The van der Waals surface area contributed by atoms with E-state index >= 15 is 0 Å². The molecule has 0 aromatic heterocycles. The number of benzene rings is 1. The Kier molecular flexibility index (Phi) is 3.85. The van der Waals surface area contributed by atoms with Crippen LogP contribution in [0.5, 0.6) is 0 Å². The number of piperidine rings is 1. The van der Waals surface area contributed by atoms with Gasteiger partial charge in [-0.2, -0.15) is 0 Å². The molecule has 1 unspecified atom stereocenters. The smallest absolute Gasteiger partial charge is 0.0632 e. The highest BCUT2D eigenvalue weighted by molar-refractivity contribution is 5.32. The van der Waals surface area contributed by atoms with Crippen LogP contribution in [0.2, 0.25) is 0 Å². The van der Waals surface area contributed by atoms with Crippen molar-refractivity contribution in [3.05, 3.63) is 35.4 Å². The fraction of sp³-hybridized carbons (Fsp3) is 0.600. The minimum Gasteiger partial charge on any atom is -0.390 e. The van der Waals surface area contributed by atoms with Gasteiger partial charge in [-0.3, -0.25) is 0 Å². The van der Waals surface area contributed by atoms with Gasteiger partial charge in [0.2, 0.25) is 0 Å². The number of aliphatic hydroxyl groups is 1. The van der Waals surface area contributed by atoms with Crippen LogP contribution in [-0.4, -0.2) is 23.8 Å². The summed E-state index contributed by atoms with van der Waals surface area (Å²) in [4.78, 5) is 0. The zero-order chi connectivity index (χ0) is 12.3. The van der Waals surface area contributed by atoms with Gasteiger partial charge < -0.3 is 10.4 Å². The summed E-state index contributed by atoms with van der Waals surface area (Å²) in [5.41, 5.74) is 2.09. The second-order valence-corrected chi connectivity index (χ2v) is 5.73. The summed E-state index contributed by atoms with van der Waals surface area (Å²) in [5, 5.41) is 13.4. The molecule has 0 saturated carbocycles. The number of rotatable bonds is 3. The first kappa shape index (κ1) is 12.6. The maximum absolute atomic E-state index is 9.98. The minimum atomic E-state index is -0.627. The van der Waals surface area contributed by atoms with Crippen molar-refractivity contribution in [1.82, 2.24) is 5.32 Å². The summed E-state index contributed by atoms with van der Waals surface area (Å²) in [7, 11) is 0. The quantitative estimate of drug-likeness (QED) is 0.840. The Labute approximate surface area is 104 Å². The predicted octanol–water partition coefficient (Wildman–Crippen LogP) is 2.47. The topological polar surface area (TPSA) is 32.3 Å². The zero-order valence-electron chi connectivity index (χ0n) is 10.9. The van der Waals surface area contributed by atoms with E-state index in [1.807, 2.05) is 13.8 Å². The van der Waals surface area contributed by atoms with Crippen LogP contribution < -0.4 is 5.32 Å². The fourth-order valence-electron chi connectivity index (χ4n) is 2.68. The van der Waals surface area contributed by atoms with Crippen molar-refractivity contribution < 1.29 is 5.11 Å². The average Bonchev–Trinajstić information content (AvgIpc) is 2.29. The summed E-state index contributed by atoms with van der Waals surface area (Å²) in [5.74, 6) is 0.613. The Morgan fingerprint density at radius 3 is 2.76 bits per heavy atom. The summed E-state index contributed by atoms with van der Waals surface area (Å²) < 4.78 is 0. The predicted molar refractivity (Wildman–Crippen MR) is 71.3 cm³/mol. The standard InChI is InChI=1S/C15H23NO/c1-15(2,17)10-12-6-3-4-8-14(12)13-7-5-9-16-11-13/h3-4,6,8,13,16-17H,5,7,9-11H2,1-2H3. The van der Waals surface area contributed by atoms with E-state index < -0.39 is 5.60 Å². The molecule has 2 heteroatoms. The van der Waals surface area contributed by atoms with E-state index in [0.29, 0.717) is 5.92 Å². The molecule has 1 aromatic carbocycles. The summed E-state index contributed by atoms with van der Waals surface area (Å²) in [6.45, 7) is 5.97. The van der Waals surface area contributed by atoms with Crippen LogP contribution in [0.4, 0.5) is 0 Å². The van der Waals surface area contributed by atoms with Gasteiger partial charge in [-0.25, -0.2) is 0 Å². The van der Waals surface area contributed by atoms with Crippen LogP contribution in [0.3, 0.4) is 0 Å². The van der Waals surface area contributed by atoms with Crippen molar-refractivity contribution in [2.24, 2.45) is 0 Å². The van der Waals surface area contributed by atoms with Gasteiger partial charge in [0.1, 0.15) is 0 Å². The van der Waals surface area contributed by atoms with E-state index in [-0.39, 0.29) is 0 Å². The molecule has 1 aliphatic heterocycles. The molecular weight excluding hydrogens is 210 g/mol. The van der Waals surface area contributed by atoms with E-state index in [2.05, 4.69) is 29.6 Å². The van der Waals surface area contributed by atoms with Gasteiger partial charge in [0.25, 0.3) is 0 Å². The highest BCUT2D eigenvalue weighted by Gasteiger charge is 2.21. The molecule has 0 bridgehead atoms. The van der Waals surface area contributed by atoms with Gasteiger partial charge in [-0.05, 0) is 50.3 Å². The third-order valence-electron chi connectivity index (χ3n) is 3.41. The SMILES string of the molecule is CC(C)(O)Cc1ccccc1C1CCCNC1. The van der Waals surface area contributed by atoms with E-state index in [0.717, 1.165) is 19.5 Å². The lowest BCUT2D eigenvalue weighted by Crippen LogP contribution is -2.30. The molecule has 2 nitrogen and oxygen atoms in total. The lowest BCUT2D eigenvalue weighted by Gasteiger charge is -2.27. The first-order chi connectivity index (χ1) is 8.06. The zero-order valence-corrected chi connectivity index (χ0v) is 10.9. The highest BCUT2D eigenvalue weighted by Crippen LogP contribution is 2.28. The van der Waals surface area contributed by atoms with Crippen molar-refractivity contribution in [2.45, 2.75) is 44.6 Å². The third-order valence-corrected chi connectivity index (χ3v) is 3.41. The number of hydrogen-bond donors (Lipinski definition) is 2. The van der Waals surface area contributed by atoms with Crippen LogP contribution in [0, 0.1) is 0 Å². The van der Waals surface area contributed by atoms with Crippen LogP contribution in [0.1, 0.15) is 43.7 Å². The summed E-state index contributed by atoms with van der Waals surface area (Å²) in [6.07, 6.45) is 3.25. The van der Waals surface area contributed by atoms with Crippen molar-refractivity contribution in [1.29, 1.82) is 0 Å². The Hall–Kier alpha value is -0.860. The van der Waals surface area contributed by atoms with Crippen molar-refractivity contribution in [2.75, 3.05) is 13.1 Å². The number of hydrogen-bond acceptors (Lipinski definition) is 2. The minimum absolute atomic E-state index is 0.613. The molecule has 17 heavy (non-hydrogen) atoms. The fourth-order valence-corrected chi connectivity index (χ4v) is 2.68. The van der Waals surface area contributed by atoms with Gasteiger partial charge in [0, 0.05) is 13.0 Å².